The largest absolute Gasteiger partial charge is 0.385 e. The standard InChI is InChI=1S/C18H23N3O/c1-20-13-15(11-19-20)18(22)9-16-7-8-17(10-18)21(16)12-14-5-3-2-4-6-14/h2-6,11,13,16-17,22H,7-10,12H2,1H3. The molecule has 2 bridgehead atoms. The molecule has 0 aliphatic carbocycles. The first kappa shape index (κ1) is 14.0. The minimum absolute atomic E-state index is 0.476. The van der Waals surface area contributed by atoms with Gasteiger partial charge in [0, 0.05) is 37.4 Å². The Balaban J connectivity index is 1.54. The molecule has 0 spiro atoms. The molecule has 4 rings (SSSR count). The van der Waals surface area contributed by atoms with E-state index in [1.807, 2.05) is 19.4 Å². The predicted molar refractivity (Wildman–Crippen MR) is 85.1 cm³/mol. The van der Waals surface area contributed by atoms with E-state index < -0.39 is 5.60 Å². The van der Waals surface area contributed by atoms with Crippen LogP contribution in [0.25, 0.3) is 0 Å². The molecule has 116 valence electrons. The van der Waals surface area contributed by atoms with Gasteiger partial charge in [0.25, 0.3) is 0 Å². The molecule has 0 saturated carbocycles. The van der Waals surface area contributed by atoms with Crippen LogP contribution >= 0.6 is 0 Å². The molecule has 2 unspecified atom stereocenters. The molecule has 2 fully saturated rings. The molecule has 22 heavy (non-hydrogen) atoms. The summed E-state index contributed by atoms with van der Waals surface area (Å²) in [6.07, 6.45) is 7.82. The second kappa shape index (κ2) is 5.21. The number of fused-ring (bicyclic) bond motifs is 2. The molecule has 1 aromatic heterocycles. The fraction of sp³-hybridized carbons (Fsp3) is 0.500. The molecule has 0 radical (unpaired) electrons. The highest BCUT2D eigenvalue weighted by molar-refractivity contribution is 5.21. The fourth-order valence-corrected chi connectivity index (χ4v) is 4.27. The van der Waals surface area contributed by atoms with Crippen LogP contribution in [0.3, 0.4) is 0 Å². The van der Waals surface area contributed by atoms with E-state index in [-0.39, 0.29) is 0 Å². The maximum absolute atomic E-state index is 11.1. The van der Waals surface area contributed by atoms with E-state index in [1.54, 1.807) is 4.68 Å². The summed E-state index contributed by atoms with van der Waals surface area (Å²) in [5.41, 5.74) is 1.64. The predicted octanol–water partition coefficient (Wildman–Crippen LogP) is 2.43. The Morgan fingerprint density at radius 1 is 1.18 bits per heavy atom. The SMILES string of the molecule is Cn1cc(C2(O)CC3CCC(C2)N3Cc2ccccc2)cn1. The first-order valence-electron chi connectivity index (χ1n) is 8.15. The highest BCUT2D eigenvalue weighted by atomic mass is 16.3. The van der Waals surface area contributed by atoms with Crippen molar-refractivity contribution >= 4 is 0 Å². The second-order valence-corrected chi connectivity index (χ2v) is 6.89. The maximum atomic E-state index is 11.1. The molecule has 1 aromatic carbocycles. The van der Waals surface area contributed by atoms with E-state index in [0.29, 0.717) is 12.1 Å². The molecular weight excluding hydrogens is 274 g/mol. The molecular formula is C18H23N3O. The van der Waals surface area contributed by atoms with Crippen molar-refractivity contribution in [2.75, 3.05) is 0 Å². The van der Waals surface area contributed by atoms with Crippen molar-refractivity contribution in [3.63, 3.8) is 0 Å². The van der Waals surface area contributed by atoms with E-state index in [9.17, 15) is 5.11 Å². The molecule has 4 heteroatoms. The van der Waals surface area contributed by atoms with Crippen LogP contribution in [0.15, 0.2) is 42.7 Å². The van der Waals surface area contributed by atoms with Gasteiger partial charge in [-0.3, -0.25) is 9.58 Å². The highest BCUT2D eigenvalue weighted by Gasteiger charge is 2.48. The quantitative estimate of drug-likeness (QED) is 0.946. The van der Waals surface area contributed by atoms with E-state index in [4.69, 9.17) is 0 Å². The van der Waals surface area contributed by atoms with Gasteiger partial charge in [0.05, 0.1) is 11.8 Å². The smallest absolute Gasteiger partial charge is 0.0956 e. The van der Waals surface area contributed by atoms with Crippen molar-refractivity contribution in [1.82, 2.24) is 14.7 Å². The number of hydrogen-bond donors (Lipinski definition) is 1. The number of benzene rings is 1. The number of hydrogen-bond acceptors (Lipinski definition) is 3. The molecule has 1 N–H and O–H groups in total. The third-order valence-electron chi connectivity index (χ3n) is 5.37. The summed E-state index contributed by atoms with van der Waals surface area (Å²) in [6.45, 7) is 0.999. The summed E-state index contributed by atoms with van der Waals surface area (Å²) in [5.74, 6) is 0. The average Bonchev–Trinajstić information content (AvgIpc) is 3.04. The van der Waals surface area contributed by atoms with Crippen LogP contribution in [0.2, 0.25) is 0 Å². The van der Waals surface area contributed by atoms with Crippen molar-refractivity contribution in [1.29, 1.82) is 0 Å². The zero-order valence-corrected chi connectivity index (χ0v) is 13.0. The van der Waals surface area contributed by atoms with Crippen molar-refractivity contribution in [2.24, 2.45) is 7.05 Å². The van der Waals surface area contributed by atoms with Crippen LogP contribution in [0.1, 0.15) is 36.8 Å². The lowest BCUT2D eigenvalue weighted by Crippen LogP contribution is -2.49. The van der Waals surface area contributed by atoms with Gasteiger partial charge in [-0.15, -0.1) is 0 Å². The number of aromatic nitrogens is 2. The lowest BCUT2D eigenvalue weighted by atomic mass is 9.81. The Labute approximate surface area is 131 Å². The normalized spacial score (nSPS) is 31.5. The van der Waals surface area contributed by atoms with Gasteiger partial charge in [-0.1, -0.05) is 30.3 Å². The molecule has 0 amide bonds. The van der Waals surface area contributed by atoms with Crippen LogP contribution in [0.5, 0.6) is 0 Å². The molecule has 3 heterocycles. The zero-order valence-electron chi connectivity index (χ0n) is 13.0. The topological polar surface area (TPSA) is 41.3 Å². The molecule has 2 aromatic rings. The van der Waals surface area contributed by atoms with Crippen molar-refractivity contribution in [3.8, 4) is 0 Å². The molecule has 2 aliphatic heterocycles. The van der Waals surface area contributed by atoms with Crippen LogP contribution in [0, 0.1) is 0 Å². The first-order chi connectivity index (χ1) is 10.6. The Bertz CT molecular complexity index is 637. The number of nitrogens with zero attached hydrogens (tertiary/aromatic N) is 3. The Morgan fingerprint density at radius 2 is 1.86 bits per heavy atom. The van der Waals surface area contributed by atoms with Crippen molar-refractivity contribution in [3.05, 3.63) is 53.9 Å². The van der Waals surface area contributed by atoms with Crippen LogP contribution in [0.4, 0.5) is 0 Å². The van der Waals surface area contributed by atoms with Gasteiger partial charge in [0.15, 0.2) is 0 Å². The van der Waals surface area contributed by atoms with E-state index in [0.717, 1.165) is 24.9 Å². The lowest BCUT2D eigenvalue weighted by Gasteiger charge is -2.43. The Hall–Kier alpha value is -1.65. The van der Waals surface area contributed by atoms with Crippen molar-refractivity contribution < 1.29 is 5.11 Å². The maximum Gasteiger partial charge on any atom is 0.0956 e. The number of rotatable bonds is 3. The monoisotopic (exact) mass is 297 g/mol. The minimum Gasteiger partial charge on any atom is -0.385 e. The Morgan fingerprint density at radius 3 is 2.45 bits per heavy atom. The van der Waals surface area contributed by atoms with E-state index in [1.165, 1.54) is 18.4 Å². The van der Waals surface area contributed by atoms with Crippen LogP contribution < -0.4 is 0 Å². The summed E-state index contributed by atoms with van der Waals surface area (Å²) in [6, 6.07) is 11.6. The third-order valence-corrected chi connectivity index (χ3v) is 5.37. The van der Waals surface area contributed by atoms with Gasteiger partial charge in [-0.25, -0.2) is 0 Å². The summed E-state index contributed by atoms with van der Waals surface area (Å²) in [5, 5.41) is 15.4. The third kappa shape index (κ3) is 2.36. The Kier molecular flexibility index (Phi) is 3.31. The zero-order chi connectivity index (χ0) is 15.2. The number of piperidine rings is 1. The number of aliphatic hydroxyl groups is 1. The van der Waals surface area contributed by atoms with Gasteiger partial charge >= 0.3 is 0 Å². The molecule has 4 nitrogen and oxygen atoms in total. The number of aryl methyl sites for hydroxylation is 1. The van der Waals surface area contributed by atoms with Gasteiger partial charge in [0.1, 0.15) is 0 Å². The van der Waals surface area contributed by atoms with Gasteiger partial charge in [-0.05, 0) is 31.2 Å². The second-order valence-electron chi connectivity index (χ2n) is 6.89. The minimum atomic E-state index is -0.701. The summed E-state index contributed by atoms with van der Waals surface area (Å²) in [4.78, 5) is 2.60. The summed E-state index contributed by atoms with van der Waals surface area (Å²) >= 11 is 0. The average molecular weight is 297 g/mol. The molecule has 2 saturated heterocycles. The van der Waals surface area contributed by atoms with Gasteiger partial charge in [0.2, 0.25) is 0 Å². The molecule has 2 atom stereocenters. The van der Waals surface area contributed by atoms with E-state index >= 15 is 0 Å². The molecule has 2 aliphatic rings. The summed E-state index contributed by atoms with van der Waals surface area (Å²) < 4.78 is 1.78. The lowest BCUT2D eigenvalue weighted by molar-refractivity contribution is -0.0595. The van der Waals surface area contributed by atoms with Gasteiger partial charge < -0.3 is 5.11 Å². The fourth-order valence-electron chi connectivity index (χ4n) is 4.27. The van der Waals surface area contributed by atoms with Crippen LogP contribution in [-0.2, 0) is 19.2 Å². The van der Waals surface area contributed by atoms with Crippen molar-refractivity contribution in [2.45, 2.75) is 49.9 Å². The van der Waals surface area contributed by atoms with Gasteiger partial charge in [-0.2, -0.15) is 5.10 Å². The summed E-state index contributed by atoms with van der Waals surface area (Å²) in [7, 11) is 1.91. The highest BCUT2D eigenvalue weighted by Crippen LogP contribution is 2.46. The van der Waals surface area contributed by atoms with Crippen LogP contribution in [-0.4, -0.2) is 31.9 Å². The van der Waals surface area contributed by atoms with E-state index in [2.05, 4.69) is 40.3 Å². The first-order valence-corrected chi connectivity index (χ1v) is 8.15.